The van der Waals surface area contributed by atoms with Crippen LogP contribution in [-0.4, -0.2) is 18.9 Å². The van der Waals surface area contributed by atoms with Crippen LogP contribution in [0.3, 0.4) is 0 Å². The predicted octanol–water partition coefficient (Wildman–Crippen LogP) is 4.07. The van der Waals surface area contributed by atoms with E-state index in [9.17, 15) is 9.59 Å². The van der Waals surface area contributed by atoms with Gasteiger partial charge in [0.05, 0.1) is 12.7 Å². The minimum Gasteiger partial charge on any atom is -0.466 e. The molecule has 0 saturated heterocycles. The molecular weight excluding hydrogens is 429 g/mol. The maximum atomic E-state index is 13.0. The van der Waals surface area contributed by atoms with E-state index in [1.54, 1.807) is 0 Å². The van der Waals surface area contributed by atoms with Crippen molar-refractivity contribution in [3.63, 3.8) is 0 Å². The molecule has 0 amide bonds. The van der Waals surface area contributed by atoms with E-state index in [0.717, 1.165) is 32.5 Å². The van der Waals surface area contributed by atoms with Crippen LogP contribution in [0.25, 0.3) is 0 Å². The highest BCUT2D eigenvalue weighted by Crippen LogP contribution is 2.47. The van der Waals surface area contributed by atoms with Crippen LogP contribution in [0.1, 0.15) is 45.1 Å². The molecule has 1 atom stereocenters. The van der Waals surface area contributed by atoms with E-state index in [2.05, 4.69) is 41.8 Å². The van der Waals surface area contributed by atoms with Crippen molar-refractivity contribution < 1.29 is 14.3 Å². The number of methoxy groups -OCH3 is 1. The Bertz CT molecular complexity index is 820. The summed E-state index contributed by atoms with van der Waals surface area (Å²) in [6.07, 6.45) is 1.28. The molecule has 1 N–H and O–H groups in total. The summed E-state index contributed by atoms with van der Waals surface area (Å²) >= 11 is 2.26. The summed E-state index contributed by atoms with van der Waals surface area (Å²) in [5, 5.41) is 3.32. The second-order valence-corrected chi connectivity index (χ2v) is 8.61. The number of halogens is 1. The number of hydrogen-bond acceptors (Lipinski definition) is 4. The Morgan fingerprint density at radius 2 is 1.96 bits per heavy atom. The molecule has 0 unspecified atom stereocenters. The van der Waals surface area contributed by atoms with Gasteiger partial charge in [0.1, 0.15) is 0 Å². The molecule has 3 rings (SSSR count). The number of allylic oxidation sites excluding steroid dienone is 3. The number of benzene rings is 1. The molecule has 2 aliphatic rings. The van der Waals surface area contributed by atoms with Gasteiger partial charge in [-0.15, -0.1) is 0 Å². The maximum absolute atomic E-state index is 13.0. The Balaban J connectivity index is 2.24. The van der Waals surface area contributed by atoms with Crippen LogP contribution in [0, 0.1) is 8.99 Å². The van der Waals surface area contributed by atoms with Gasteiger partial charge in [-0.1, -0.05) is 32.0 Å². The van der Waals surface area contributed by atoms with Crippen molar-refractivity contribution in [3.8, 4) is 0 Å². The maximum Gasteiger partial charge on any atom is 0.336 e. The normalized spacial score (nSPS) is 22.4. The van der Waals surface area contributed by atoms with Crippen molar-refractivity contribution in [2.45, 2.75) is 39.5 Å². The zero-order valence-electron chi connectivity index (χ0n) is 14.9. The van der Waals surface area contributed by atoms with Crippen molar-refractivity contribution in [1.82, 2.24) is 5.32 Å². The van der Waals surface area contributed by atoms with Gasteiger partial charge in [-0.25, -0.2) is 4.79 Å². The lowest BCUT2D eigenvalue weighted by atomic mass is 9.68. The minimum atomic E-state index is -0.390. The summed E-state index contributed by atoms with van der Waals surface area (Å²) < 4.78 is 6.07. The quantitative estimate of drug-likeness (QED) is 0.544. The van der Waals surface area contributed by atoms with Gasteiger partial charge in [0, 0.05) is 32.9 Å². The zero-order valence-corrected chi connectivity index (χ0v) is 17.1. The lowest BCUT2D eigenvalue weighted by Gasteiger charge is -2.39. The fraction of sp³-hybridized carbons (Fsp3) is 0.400. The van der Waals surface area contributed by atoms with Crippen molar-refractivity contribution in [2.24, 2.45) is 5.41 Å². The summed E-state index contributed by atoms with van der Waals surface area (Å²) in [7, 11) is 1.38. The fourth-order valence-corrected chi connectivity index (χ4v) is 4.54. The Morgan fingerprint density at radius 3 is 2.60 bits per heavy atom. The molecule has 5 heteroatoms. The summed E-state index contributed by atoms with van der Waals surface area (Å²) in [5.74, 6) is -0.656. The number of ether oxygens (including phenoxy) is 1. The van der Waals surface area contributed by atoms with E-state index in [1.807, 2.05) is 31.2 Å². The number of nitrogens with one attached hydrogen (secondary N) is 1. The lowest BCUT2D eigenvalue weighted by molar-refractivity contribution is -0.136. The van der Waals surface area contributed by atoms with Gasteiger partial charge in [0.25, 0.3) is 0 Å². The summed E-state index contributed by atoms with van der Waals surface area (Å²) in [4.78, 5) is 25.6. The van der Waals surface area contributed by atoms with Gasteiger partial charge in [-0.2, -0.15) is 0 Å². The number of hydrogen-bond donors (Lipinski definition) is 1. The first-order valence-electron chi connectivity index (χ1n) is 8.32. The number of esters is 1. The average Bonchev–Trinajstić information content (AvgIpc) is 2.52. The molecule has 0 aromatic heterocycles. The van der Waals surface area contributed by atoms with Gasteiger partial charge >= 0.3 is 5.97 Å². The highest BCUT2D eigenvalue weighted by Gasteiger charge is 2.43. The topological polar surface area (TPSA) is 55.4 Å². The Morgan fingerprint density at radius 1 is 1.28 bits per heavy atom. The van der Waals surface area contributed by atoms with Gasteiger partial charge < -0.3 is 10.1 Å². The average molecular weight is 451 g/mol. The van der Waals surface area contributed by atoms with E-state index in [4.69, 9.17) is 4.74 Å². The number of dihydropyridines is 1. The molecular formula is C20H22INO3. The second-order valence-electron chi connectivity index (χ2n) is 7.44. The van der Waals surface area contributed by atoms with Crippen LogP contribution in [0.5, 0.6) is 0 Å². The number of ketones is 1. The van der Waals surface area contributed by atoms with E-state index in [-0.39, 0.29) is 23.1 Å². The molecule has 1 heterocycles. The first-order chi connectivity index (χ1) is 11.7. The third-order valence-electron chi connectivity index (χ3n) is 4.86. The number of Topliss-reactive ketones (excluding diaryl/α,β-unsaturated/α-hetero) is 1. The van der Waals surface area contributed by atoms with Crippen molar-refractivity contribution in [2.75, 3.05) is 7.11 Å². The van der Waals surface area contributed by atoms with E-state index in [1.165, 1.54) is 7.11 Å². The van der Waals surface area contributed by atoms with E-state index >= 15 is 0 Å². The molecule has 0 fully saturated rings. The third kappa shape index (κ3) is 3.26. The molecule has 0 saturated carbocycles. The molecule has 25 heavy (non-hydrogen) atoms. The van der Waals surface area contributed by atoms with Crippen LogP contribution in [0.4, 0.5) is 0 Å². The number of carbonyl (C=O) groups is 2. The predicted molar refractivity (Wildman–Crippen MR) is 105 cm³/mol. The van der Waals surface area contributed by atoms with Crippen LogP contribution < -0.4 is 5.32 Å². The number of carbonyl (C=O) groups excluding carboxylic acids is 2. The van der Waals surface area contributed by atoms with Crippen molar-refractivity contribution >= 4 is 34.3 Å². The van der Waals surface area contributed by atoms with Gasteiger partial charge in [-0.05, 0) is 53.0 Å². The standard InChI is InChI=1S/C20H22INO3/c1-11-16(19(24)25-4)17(12-7-5-6-8-13(12)21)18-14(22-11)9-20(2,3)10-15(18)23/h5-8,17,22H,9-10H2,1-4H3/t17-/m0/s1. The molecule has 1 aromatic rings. The van der Waals surface area contributed by atoms with Gasteiger partial charge in [-0.3, -0.25) is 4.79 Å². The first-order valence-corrected chi connectivity index (χ1v) is 9.40. The van der Waals surface area contributed by atoms with Crippen LogP contribution >= 0.6 is 22.6 Å². The van der Waals surface area contributed by atoms with Crippen molar-refractivity contribution in [3.05, 3.63) is 55.9 Å². The Hall–Kier alpha value is -1.63. The largest absolute Gasteiger partial charge is 0.466 e. The Labute approximate surface area is 161 Å². The highest BCUT2D eigenvalue weighted by atomic mass is 127. The minimum absolute atomic E-state index is 0.0830. The van der Waals surface area contributed by atoms with Crippen molar-refractivity contribution in [1.29, 1.82) is 0 Å². The molecule has 1 aliphatic carbocycles. The van der Waals surface area contributed by atoms with E-state index in [0.29, 0.717) is 12.0 Å². The molecule has 4 nitrogen and oxygen atoms in total. The summed E-state index contributed by atoms with van der Waals surface area (Å²) in [6.45, 7) is 6.09. The molecule has 132 valence electrons. The van der Waals surface area contributed by atoms with E-state index < -0.39 is 0 Å². The number of rotatable bonds is 2. The molecule has 1 aromatic carbocycles. The third-order valence-corrected chi connectivity index (χ3v) is 5.84. The van der Waals surface area contributed by atoms with Crippen LogP contribution in [0.2, 0.25) is 0 Å². The SMILES string of the molecule is COC(=O)C1=C(C)NC2=C(C(=O)CC(C)(C)C2)[C@H]1c1ccccc1I. The second kappa shape index (κ2) is 6.59. The van der Waals surface area contributed by atoms with Gasteiger partial charge in [0.15, 0.2) is 5.78 Å². The lowest BCUT2D eigenvalue weighted by Crippen LogP contribution is -2.38. The smallest absolute Gasteiger partial charge is 0.336 e. The van der Waals surface area contributed by atoms with Gasteiger partial charge in [0.2, 0.25) is 0 Å². The molecule has 0 spiro atoms. The monoisotopic (exact) mass is 451 g/mol. The molecule has 1 aliphatic heterocycles. The van der Waals surface area contributed by atoms with Crippen LogP contribution in [-0.2, 0) is 14.3 Å². The van der Waals surface area contributed by atoms with Crippen LogP contribution in [0.15, 0.2) is 46.8 Å². The fourth-order valence-electron chi connectivity index (χ4n) is 3.84. The Kier molecular flexibility index (Phi) is 4.79. The summed E-state index contributed by atoms with van der Waals surface area (Å²) in [6, 6.07) is 7.90. The first kappa shape index (κ1) is 18.2. The zero-order chi connectivity index (χ0) is 18.4. The highest BCUT2D eigenvalue weighted by molar-refractivity contribution is 14.1. The molecule has 0 bridgehead atoms. The molecule has 0 radical (unpaired) electrons. The summed E-state index contributed by atoms with van der Waals surface area (Å²) in [5.41, 5.74) is 3.84.